The number of nitrogens with one attached hydrogen (secondary N) is 2. The first-order valence-electron chi connectivity index (χ1n) is 7.76. The SMILES string of the molecule is CC(C)(CCNC(=O)CCCNC(=O)c1ccc(Cl)cc1)C(=O)O. The van der Waals surface area contributed by atoms with Crippen LogP contribution in [0.4, 0.5) is 0 Å². The van der Waals surface area contributed by atoms with Crippen molar-refractivity contribution in [1.82, 2.24) is 10.6 Å². The number of hydrogen-bond acceptors (Lipinski definition) is 3. The average Bonchev–Trinajstić information content (AvgIpc) is 2.51. The summed E-state index contributed by atoms with van der Waals surface area (Å²) in [7, 11) is 0. The van der Waals surface area contributed by atoms with E-state index in [1.807, 2.05) is 0 Å². The number of rotatable bonds is 9. The molecule has 0 saturated heterocycles. The molecule has 0 unspecified atom stereocenters. The number of benzene rings is 1. The summed E-state index contributed by atoms with van der Waals surface area (Å²) in [5, 5.41) is 15.0. The molecule has 0 aliphatic rings. The van der Waals surface area contributed by atoms with Gasteiger partial charge in [-0.15, -0.1) is 0 Å². The molecule has 0 bridgehead atoms. The fourth-order valence-corrected chi connectivity index (χ4v) is 1.99. The van der Waals surface area contributed by atoms with E-state index in [0.29, 0.717) is 36.5 Å². The number of carbonyl (C=O) groups is 3. The lowest BCUT2D eigenvalue weighted by Gasteiger charge is -2.18. The summed E-state index contributed by atoms with van der Waals surface area (Å²) in [6, 6.07) is 6.55. The molecule has 3 N–H and O–H groups in total. The molecule has 24 heavy (non-hydrogen) atoms. The molecule has 7 heteroatoms. The van der Waals surface area contributed by atoms with E-state index in [1.54, 1.807) is 38.1 Å². The van der Waals surface area contributed by atoms with E-state index in [4.69, 9.17) is 16.7 Å². The van der Waals surface area contributed by atoms with Gasteiger partial charge in [-0.1, -0.05) is 11.6 Å². The van der Waals surface area contributed by atoms with Crippen molar-refractivity contribution in [2.24, 2.45) is 5.41 Å². The van der Waals surface area contributed by atoms with Gasteiger partial charge in [0.2, 0.25) is 5.91 Å². The number of carboxylic acid groups (broad SMARTS) is 1. The predicted molar refractivity (Wildman–Crippen MR) is 92.1 cm³/mol. The number of carbonyl (C=O) groups excluding carboxylic acids is 2. The van der Waals surface area contributed by atoms with Gasteiger partial charge in [-0.25, -0.2) is 0 Å². The van der Waals surface area contributed by atoms with Gasteiger partial charge in [0.15, 0.2) is 0 Å². The van der Waals surface area contributed by atoms with Gasteiger partial charge in [0.25, 0.3) is 5.91 Å². The lowest BCUT2D eigenvalue weighted by Crippen LogP contribution is -2.32. The lowest BCUT2D eigenvalue weighted by molar-refractivity contribution is -0.147. The summed E-state index contributed by atoms with van der Waals surface area (Å²) in [6.07, 6.45) is 1.14. The molecule has 0 saturated carbocycles. The lowest BCUT2D eigenvalue weighted by atomic mass is 9.90. The van der Waals surface area contributed by atoms with E-state index in [9.17, 15) is 14.4 Å². The van der Waals surface area contributed by atoms with Crippen LogP contribution in [0.1, 0.15) is 43.5 Å². The predicted octanol–water partition coefficient (Wildman–Crippen LogP) is 2.47. The van der Waals surface area contributed by atoms with Gasteiger partial charge in [0.05, 0.1) is 5.41 Å². The zero-order chi connectivity index (χ0) is 18.2. The third-order valence-corrected chi connectivity index (χ3v) is 3.88. The van der Waals surface area contributed by atoms with Gasteiger partial charge in [-0.2, -0.15) is 0 Å². The van der Waals surface area contributed by atoms with Gasteiger partial charge < -0.3 is 15.7 Å². The standard InChI is InChI=1S/C17H23ClN2O4/c1-17(2,16(23)24)9-11-19-14(21)4-3-10-20-15(22)12-5-7-13(18)8-6-12/h5-8H,3-4,9-11H2,1-2H3,(H,19,21)(H,20,22)(H,23,24). The molecule has 0 fully saturated rings. The molecular weight excluding hydrogens is 332 g/mol. The topological polar surface area (TPSA) is 95.5 Å². The number of aliphatic carboxylic acids is 1. The van der Waals surface area contributed by atoms with Crippen molar-refractivity contribution in [3.05, 3.63) is 34.9 Å². The van der Waals surface area contributed by atoms with E-state index in [2.05, 4.69) is 10.6 Å². The Kier molecular flexibility index (Phi) is 7.71. The smallest absolute Gasteiger partial charge is 0.309 e. The van der Waals surface area contributed by atoms with Crippen LogP contribution in [0.25, 0.3) is 0 Å². The second-order valence-corrected chi connectivity index (χ2v) is 6.59. The Hall–Kier alpha value is -2.08. The van der Waals surface area contributed by atoms with Crippen molar-refractivity contribution in [2.75, 3.05) is 13.1 Å². The largest absolute Gasteiger partial charge is 0.481 e. The molecule has 6 nitrogen and oxygen atoms in total. The highest BCUT2D eigenvalue weighted by molar-refractivity contribution is 6.30. The monoisotopic (exact) mass is 354 g/mol. The Bertz CT molecular complexity index is 585. The van der Waals surface area contributed by atoms with Crippen molar-refractivity contribution in [1.29, 1.82) is 0 Å². The van der Waals surface area contributed by atoms with Gasteiger partial charge in [-0.05, 0) is 51.0 Å². The third kappa shape index (κ3) is 7.00. The van der Waals surface area contributed by atoms with E-state index < -0.39 is 11.4 Å². The van der Waals surface area contributed by atoms with Gasteiger partial charge in [0.1, 0.15) is 0 Å². The molecule has 1 aromatic rings. The maximum Gasteiger partial charge on any atom is 0.309 e. The molecule has 1 aromatic carbocycles. The first kappa shape index (κ1) is 20.0. The number of amides is 2. The van der Waals surface area contributed by atoms with Crippen LogP contribution in [0, 0.1) is 5.41 Å². The third-order valence-electron chi connectivity index (χ3n) is 3.62. The summed E-state index contributed by atoms with van der Waals surface area (Å²) in [5.74, 6) is -1.26. The Labute approximate surface area is 146 Å². The maximum atomic E-state index is 11.8. The van der Waals surface area contributed by atoms with Crippen LogP contribution in [0.2, 0.25) is 5.02 Å². The normalized spacial score (nSPS) is 11.0. The summed E-state index contributed by atoms with van der Waals surface area (Å²) in [6.45, 7) is 3.94. The van der Waals surface area contributed by atoms with Crippen LogP contribution in [-0.2, 0) is 9.59 Å². The first-order chi connectivity index (χ1) is 11.2. The first-order valence-corrected chi connectivity index (χ1v) is 8.14. The second kappa shape index (κ2) is 9.27. The van der Waals surface area contributed by atoms with Crippen LogP contribution in [0.5, 0.6) is 0 Å². The maximum absolute atomic E-state index is 11.8. The molecule has 2 amide bonds. The molecule has 0 radical (unpaired) electrons. The average molecular weight is 355 g/mol. The van der Waals surface area contributed by atoms with E-state index >= 15 is 0 Å². The quantitative estimate of drug-likeness (QED) is 0.593. The zero-order valence-corrected chi connectivity index (χ0v) is 14.7. The number of halogens is 1. The number of hydrogen-bond donors (Lipinski definition) is 3. The molecule has 0 heterocycles. The zero-order valence-electron chi connectivity index (χ0n) is 13.9. The Morgan fingerprint density at radius 1 is 1.08 bits per heavy atom. The fourth-order valence-electron chi connectivity index (χ4n) is 1.86. The molecule has 0 atom stereocenters. The highest BCUT2D eigenvalue weighted by Gasteiger charge is 2.26. The van der Waals surface area contributed by atoms with Crippen LogP contribution in [-0.4, -0.2) is 36.0 Å². The Balaban J connectivity index is 2.18. The minimum Gasteiger partial charge on any atom is -0.481 e. The van der Waals surface area contributed by atoms with Crippen LogP contribution < -0.4 is 10.6 Å². The minimum atomic E-state index is -0.887. The Morgan fingerprint density at radius 2 is 1.71 bits per heavy atom. The van der Waals surface area contributed by atoms with Crippen LogP contribution in [0.3, 0.4) is 0 Å². The van der Waals surface area contributed by atoms with E-state index in [0.717, 1.165) is 0 Å². The van der Waals surface area contributed by atoms with Crippen molar-refractivity contribution in [2.45, 2.75) is 33.1 Å². The summed E-state index contributed by atoms with van der Waals surface area (Å²) >= 11 is 5.76. The summed E-state index contributed by atoms with van der Waals surface area (Å²) in [4.78, 5) is 34.4. The Morgan fingerprint density at radius 3 is 2.29 bits per heavy atom. The summed E-state index contributed by atoms with van der Waals surface area (Å²) < 4.78 is 0. The molecule has 0 aliphatic carbocycles. The second-order valence-electron chi connectivity index (χ2n) is 6.16. The number of carboxylic acids is 1. The molecular formula is C17H23ClN2O4. The van der Waals surface area contributed by atoms with Crippen LogP contribution >= 0.6 is 11.6 Å². The van der Waals surface area contributed by atoms with E-state index in [1.165, 1.54) is 0 Å². The molecule has 0 aromatic heterocycles. The fraction of sp³-hybridized carbons (Fsp3) is 0.471. The van der Waals surface area contributed by atoms with Gasteiger partial charge in [0, 0.05) is 30.1 Å². The highest BCUT2D eigenvalue weighted by atomic mass is 35.5. The van der Waals surface area contributed by atoms with E-state index in [-0.39, 0.29) is 18.2 Å². The molecule has 132 valence electrons. The van der Waals surface area contributed by atoms with Crippen LogP contribution in [0.15, 0.2) is 24.3 Å². The molecule has 0 aliphatic heterocycles. The van der Waals surface area contributed by atoms with Gasteiger partial charge >= 0.3 is 5.97 Å². The minimum absolute atomic E-state index is 0.156. The summed E-state index contributed by atoms with van der Waals surface area (Å²) in [5.41, 5.74) is -0.348. The molecule has 1 rings (SSSR count). The highest BCUT2D eigenvalue weighted by Crippen LogP contribution is 2.19. The van der Waals surface area contributed by atoms with Crippen molar-refractivity contribution in [3.8, 4) is 0 Å². The molecule has 0 spiro atoms. The van der Waals surface area contributed by atoms with Crippen molar-refractivity contribution in [3.63, 3.8) is 0 Å². The van der Waals surface area contributed by atoms with Gasteiger partial charge in [-0.3, -0.25) is 14.4 Å². The van der Waals surface area contributed by atoms with Crippen molar-refractivity contribution >= 4 is 29.4 Å². The van der Waals surface area contributed by atoms with Crippen molar-refractivity contribution < 1.29 is 19.5 Å².